The summed E-state index contributed by atoms with van der Waals surface area (Å²) in [6, 6.07) is 11.0. The van der Waals surface area contributed by atoms with E-state index in [1.54, 1.807) is 25.3 Å². The lowest BCUT2D eigenvalue weighted by molar-refractivity contribution is 0.209. The Morgan fingerprint density at radius 2 is 1.93 bits per heavy atom. The second-order valence-electron chi connectivity index (χ2n) is 11.3. The zero-order valence-corrected chi connectivity index (χ0v) is 24.9. The molecule has 41 heavy (non-hydrogen) atoms. The molecule has 0 aromatic heterocycles. The maximum Gasteiger partial charge on any atom is 0.165 e. The molecule has 0 spiro atoms. The van der Waals surface area contributed by atoms with Gasteiger partial charge in [0, 0.05) is 31.4 Å². The Bertz CT molecular complexity index is 1200. The van der Waals surface area contributed by atoms with Gasteiger partial charge in [-0.2, -0.15) is 0 Å². The number of hydrogen-bond acceptors (Lipinski definition) is 5. The van der Waals surface area contributed by atoms with Gasteiger partial charge in [-0.3, -0.25) is 4.90 Å². The maximum absolute atomic E-state index is 14.9. The number of likely N-dealkylation sites (N-methyl/N-ethyl adjacent to an activating group) is 1. The number of hydrogen-bond donors (Lipinski definition) is 1. The minimum absolute atomic E-state index is 0.316. The van der Waals surface area contributed by atoms with Gasteiger partial charge in [0.05, 0.1) is 7.11 Å². The lowest BCUT2D eigenvalue weighted by Crippen LogP contribution is -2.29. The van der Waals surface area contributed by atoms with Crippen LogP contribution >= 0.6 is 0 Å². The van der Waals surface area contributed by atoms with Gasteiger partial charge in [0.2, 0.25) is 0 Å². The van der Waals surface area contributed by atoms with Crippen molar-refractivity contribution in [3.05, 3.63) is 95.2 Å². The molecule has 5 nitrogen and oxygen atoms in total. The number of fused-ring (bicyclic) bond motifs is 1. The van der Waals surface area contributed by atoms with E-state index in [1.807, 2.05) is 30.4 Å². The Hall–Kier alpha value is -3.25. The highest BCUT2D eigenvalue weighted by Gasteiger charge is 2.18. The first-order valence-electron chi connectivity index (χ1n) is 15.3. The fraction of sp³-hybridized carbons (Fsp3) is 0.486. The van der Waals surface area contributed by atoms with Gasteiger partial charge in [-0.05, 0) is 111 Å². The predicted molar refractivity (Wildman–Crippen MR) is 164 cm³/mol. The number of halogens is 1. The molecule has 0 saturated carbocycles. The molecular formula is C35H47FN2O3. The van der Waals surface area contributed by atoms with Crippen LogP contribution in [0.5, 0.6) is 11.5 Å². The topological polar surface area (TPSA) is 45.2 Å². The number of aromatic hydroxyl groups is 1. The van der Waals surface area contributed by atoms with Gasteiger partial charge in [-0.1, -0.05) is 37.6 Å². The summed E-state index contributed by atoms with van der Waals surface area (Å²) in [6.07, 6.45) is 15.3. The summed E-state index contributed by atoms with van der Waals surface area (Å²) in [4.78, 5) is 4.53. The number of rotatable bonds is 13. The molecule has 1 atom stereocenters. The highest BCUT2D eigenvalue weighted by molar-refractivity contribution is 5.37. The van der Waals surface area contributed by atoms with Crippen molar-refractivity contribution in [2.75, 3.05) is 39.9 Å². The van der Waals surface area contributed by atoms with Crippen molar-refractivity contribution in [1.82, 2.24) is 9.80 Å². The SMILES string of the molecule is C=C(/C=C(\C=C/C[C@H]1CCc2cc(O)ccc2C1)OC)N(CC)Cc1ccc(OCCN2CCCCCC2)c(F)c1. The van der Waals surface area contributed by atoms with Crippen LogP contribution in [0.25, 0.3) is 0 Å². The second-order valence-corrected chi connectivity index (χ2v) is 11.3. The van der Waals surface area contributed by atoms with E-state index >= 15 is 0 Å². The molecule has 1 aliphatic carbocycles. The van der Waals surface area contributed by atoms with Crippen LogP contribution in [0.4, 0.5) is 4.39 Å². The Morgan fingerprint density at radius 3 is 2.66 bits per heavy atom. The molecule has 2 aliphatic rings. The average molecular weight is 563 g/mol. The third-order valence-electron chi connectivity index (χ3n) is 8.34. The van der Waals surface area contributed by atoms with Gasteiger partial charge < -0.3 is 19.5 Å². The van der Waals surface area contributed by atoms with Crippen molar-refractivity contribution >= 4 is 0 Å². The summed E-state index contributed by atoms with van der Waals surface area (Å²) in [5.41, 5.74) is 4.30. The number of ether oxygens (including phenoxy) is 2. The van der Waals surface area contributed by atoms with Gasteiger partial charge in [-0.15, -0.1) is 0 Å². The van der Waals surface area contributed by atoms with Crippen LogP contribution < -0.4 is 4.74 Å². The molecule has 1 fully saturated rings. The summed E-state index contributed by atoms with van der Waals surface area (Å²) >= 11 is 0. The van der Waals surface area contributed by atoms with Gasteiger partial charge in [0.15, 0.2) is 11.6 Å². The number of benzene rings is 2. The van der Waals surface area contributed by atoms with E-state index < -0.39 is 0 Å². The van der Waals surface area contributed by atoms with Crippen molar-refractivity contribution in [1.29, 1.82) is 0 Å². The molecule has 1 N–H and O–H groups in total. The summed E-state index contributed by atoms with van der Waals surface area (Å²) in [7, 11) is 1.67. The standard InChI is InChI=1S/C35H47FN2O3/c1-4-38(26-29-13-17-35(34(36)24-29)41-21-20-37-18-7-5-6-8-19-37)27(2)22-33(40-3)11-9-10-28-12-14-31-25-32(39)16-15-30(31)23-28/h9,11,13,15-17,22,24-25,28,39H,2,4-8,10,12,14,18-21,23,26H2,1,3H3/b11-9-,33-22+/t28-/m0/s1. The lowest BCUT2D eigenvalue weighted by atomic mass is 9.82. The summed E-state index contributed by atoms with van der Waals surface area (Å²) in [5.74, 6) is 1.67. The highest BCUT2D eigenvalue weighted by atomic mass is 19.1. The third-order valence-corrected chi connectivity index (χ3v) is 8.34. The average Bonchev–Trinajstić information content (AvgIpc) is 3.25. The molecule has 6 heteroatoms. The smallest absolute Gasteiger partial charge is 0.165 e. The molecule has 2 aromatic rings. The largest absolute Gasteiger partial charge is 0.508 e. The Morgan fingerprint density at radius 1 is 1.12 bits per heavy atom. The normalized spacial score (nSPS) is 18.1. The molecule has 4 rings (SSSR count). The quantitative estimate of drug-likeness (QED) is 0.204. The molecule has 0 radical (unpaired) electrons. The molecule has 0 amide bonds. The first kappa shape index (κ1) is 30.7. The van der Waals surface area contributed by atoms with Crippen molar-refractivity contribution in [3.63, 3.8) is 0 Å². The minimum atomic E-state index is -0.321. The van der Waals surface area contributed by atoms with E-state index in [9.17, 15) is 9.50 Å². The van der Waals surface area contributed by atoms with E-state index in [0.717, 1.165) is 68.9 Å². The number of phenols is 1. The second kappa shape index (κ2) is 15.7. The van der Waals surface area contributed by atoms with Gasteiger partial charge in [0.1, 0.15) is 18.1 Å². The molecule has 0 unspecified atom stereocenters. The van der Waals surface area contributed by atoms with Crippen molar-refractivity contribution < 1.29 is 19.0 Å². The van der Waals surface area contributed by atoms with Crippen molar-refractivity contribution in [2.45, 2.75) is 64.8 Å². The molecule has 222 valence electrons. The first-order valence-corrected chi connectivity index (χ1v) is 15.3. The predicted octanol–water partition coefficient (Wildman–Crippen LogP) is 7.40. The number of aryl methyl sites for hydroxylation is 1. The van der Waals surface area contributed by atoms with E-state index in [4.69, 9.17) is 9.47 Å². The number of methoxy groups -OCH3 is 1. The van der Waals surface area contributed by atoms with Crippen LogP contribution in [0, 0.1) is 11.7 Å². The zero-order valence-electron chi connectivity index (χ0n) is 24.9. The lowest BCUT2D eigenvalue weighted by Gasteiger charge is -2.24. The number of nitrogens with zero attached hydrogens (tertiary/aromatic N) is 2. The van der Waals surface area contributed by atoms with Crippen LogP contribution in [-0.4, -0.2) is 54.8 Å². The molecule has 1 heterocycles. The molecule has 0 bridgehead atoms. The molecule has 1 saturated heterocycles. The van der Waals surface area contributed by atoms with Crippen LogP contribution in [0.1, 0.15) is 62.1 Å². The number of likely N-dealkylation sites (tertiary alicyclic amines) is 1. The Kier molecular flexibility index (Phi) is 11.7. The molecule has 2 aromatic carbocycles. The van der Waals surface area contributed by atoms with E-state index in [0.29, 0.717) is 30.6 Å². The summed E-state index contributed by atoms with van der Waals surface area (Å²) in [6.45, 7) is 11.2. The van der Waals surface area contributed by atoms with Crippen LogP contribution in [0.3, 0.4) is 0 Å². The number of allylic oxidation sites excluding steroid dienone is 3. The van der Waals surface area contributed by atoms with Crippen molar-refractivity contribution in [2.24, 2.45) is 5.92 Å². The fourth-order valence-corrected chi connectivity index (χ4v) is 5.87. The van der Waals surface area contributed by atoms with Gasteiger partial charge >= 0.3 is 0 Å². The minimum Gasteiger partial charge on any atom is -0.508 e. The summed E-state index contributed by atoms with van der Waals surface area (Å²) < 4.78 is 26.3. The first-order chi connectivity index (χ1) is 19.9. The number of phenolic OH excluding ortho intramolecular Hbond substituents is 1. The van der Waals surface area contributed by atoms with Gasteiger partial charge in [-0.25, -0.2) is 4.39 Å². The zero-order chi connectivity index (χ0) is 29.0. The highest BCUT2D eigenvalue weighted by Crippen LogP contribution is 2.30. The molecule has 1 aliphatic heterocycles. The Balaban J connectivity index is 1.27. The van der Waals surface area contributed by atoms with Crippen molar-refractivity contribution in [3.8, 4) is 11.5 Å². The Labute approximate surface area is 246 Å². The van der Waals surface area contributed by atoms with Crippen LogP contribution in [0.15, 0.2) is 72.7 Å². The van der Waals surface area contributed by atoms with Gasteiger partial charge in [0.25, 0.3) is 0 Å². The fourth-order valence-electron chi connectivity index (χ4n) is 5.87. The van der Waals surface area contributed by atoms with E-state index in [2.05, 4.69) is 29.4 Å². The van der Waals surface area contributed by atoms with Crippen LogP contribution in [-0.2, 0) is 24.1 Å². The monoisotopic (exact) mass is 562 g/mol. The van der Waals surface area contributed by atoms with Crippen LogP contribution in [0.2, 0.25) is 0 Å². The summed E-state index contributed by atoms with van der Waals surface area (Å²) in [5, 5.41) is 9.73. The maximum atomic E-state index is 14.9. The van der Waals surface area contributed by atoms with E-state index in [1.165, 1.54) is 36.8 Å². The van der Waals surface area contributed by atoms with E-state index in [-0.39, 0.29) is 5.82 Å². The molecular weight excluding hydrogens is 515 g/mol. The third kappa shape index (κ3) is 9.39.